The van der Waals surface area contributed by atoms with Crippen LogP contribution in [0.5, 0.6) is 0 Å². The third kappa shape index (κ3) is 7.18. The van der Waals surface area contributed by atoms with E-state index in [-0.39, 0.29) is 0 Å². The van der Waals surface area contributed by atoms with E-state index in [1.807, 2.05) is 24.3 Å². The summed E-state index contributed by atoms with van der Waals surface area (Å²) in [7, 11) is 0. The summed E-state index contributed by atoms with van der Waals surface area (Å²) < 4.78 is 2.47. The Labute approximate surface area is 389 Å². The van der Waals surface area contributed by atoms with Crippen LogP contribution in [-0.4, -0.2) is 19.5 Å². The first-order chi connectivity index (χ1) is 33.3. The van der Waals surface area contributed by atoms with E-state index in [4.69, 9.17) is 15.0 Å². The molecule has 0 aliphatic heterocycles. The minimum atomic E-state index is 0.568. The number of para-hydroxylation sites is 2. The molecule has 0 aliphatic rings. The van der Waals surface area contributed by atoms with Gasteiger partial charge in [-0.2, -0.15) is 0 Å². The van der Waals surface area contributed by atoms with E-state index >= 15 is 0 Å². The standard InChI is InChI=1S/C63H42N4/c1-7-24-43(25-8-1)49-36-23-37-50(42-49)62-64-61(48-34-17-6-18-35-48)65-63(66-62)59-57(46-30-13-4-14-31-46)55(44-26-9-2-10-27-44)56(45-28-11-3-12-29-45)58(47-32-15-5-16-33-47)60(59)67-53-40-21-19-38-51(53)52-39-20-22-41-54(52)67/h1-42H. The van der Waals surface area contributed by atoms with E-state index in [1.54, 1.807) is 0 Å². The maximum atomic E-state index is 5.69. The van der Waals surface area contributed by atoms with Gasteiger partial charge in [-0.05, 0) is 57.1 Å². The number of benzene rings is 10. The Morgan fingerprint density at radius 2 is 0.552 bits per heavy atom. The van der Waals surface area contributed by atoms with Gasteiger partial charge >= 0.3 is 0 Å². The highest BCUT2D eigenvalue weighted by Crippen LogP contribution is 2.55. The molecule has 4 heteroatoms. The Bertz CT molecular complexity index is 3650. The Kier molecular flexibility index (Phi) is 10.2. The predicted molar refractivity (Wildman–Crippen MR) is 278 cm³/mol. The van der Waals surface area contributed by atoms with Crippen LogP contribution in [0.2, 0.25) is 0 Å². The van der Waals surface area contributed by atoms with Gasteiger partial charge in [0.2, 0.25) is 0 Å². The molecular formula is C63H42N4. The summed E-state index contributed by atoms with van der Waals surface area (Å²) in [6.45, 7) is 0. The van der Waals surface area contributed by atoms with Crippen LogP contribution in [0.3, 0.4) is 0 Å². The molecule has 12 rings (SSSR count). The maximum absolute atomic E-state index is 5.69. The monoisotopic (exact) mass is 854 g/mol. The fourth-order valence-electron chi connectivity index (χ4n) is 9.71. The molecule has 12 aromatic rings. The highest BCUT2D eigenvalue weighted by molar-refractivity contribution is 6.15. The van der Waals surface area contributed by atoms with Crippen molar-refractivity contribution >= 4 is 21.8 Å². The minimum Gasteiger partial charge on any atom is -0.308 e. The first-order valence-electron chi connectivity index (χ1n) is 22.7. The summed E-state index contributed by atoms with van der Waals surface area (Å²) in [5.41, 5.74) is 16.7. The van der Waals surface area contributed by atoms with E-state index < -0.39 is 0 Å². The molecule has 0 amide bonds. The lowest BCUT2D eigenvalue weighted by Crippen LogP contribution is -2.09. The minimum absolute atomic E-state index is 0.568. The highest BCUT2D eigenvalue weighted by atomic mass is 15.1. The number of fused-ring (bicyclic) bond motifs is 3. The molecule has 0 N–H and O–H groups in total. The van der Waals surface area contributed by atoms with Gasteiger partial charge in [0.15, 0.2) is 17.5 Å². The van der Waals surface area contributed by atoms with Crippen molar-refractivity contribution in [3.8, 4) is 95.5 Å². The fraction of sp³-hybridized carbons (Fsp3) is 0. The molecule has 0 radical (unpaired) electrons. The van der Waals surface area contributed by atoms with Crippen molar-refractivity contribution in [1.82, 2.24) is 19.5 Å². The SMILES string of the molecule is c1ccc(-c2cccc(-c3nc(-c4ccccc4)nc(-c4c(-c5ccccc5)c(-c5ccccc5)c(-c5ccccc5)c(-c5ccccc5)c4-n4c5ccccc5c5ccccc54)n3)c2)cc1. The van der Waals surface area contributed by atoms with Crippen LogP contribution in [0.4, 0.5) is 0 Å². The second-order valence-corrected chi connectivity index (χ2v) is 16.7. The molecule has 314 valence electrons. The first-order valence-corrected chi connectivity index (χ1v) is 22.7. The summed E-state index contributed by atoms with van der Waals surface area (Å²) in [6.07, 6.45) is 0. The molecule has 0 saturated carbocycles. The Morgan fingerprint density at radius 3 is 1.04 bits per heavy atom. The number of hydrogen-bond donors (Lipinski definition) is 0. The fourth-order valence-corrected chi connectivity index (χ4v) is 9.71. The number of aromatic nitrogens is 4. The Morgan fingerprint density at radius 1 is 0.224 bits per heavy atom. The summed E-state index contributed by atoms with van der Waals surface area (Å²) in [5, 5.41) is 2.33. The molecule has 4 nitrogen and oxygen atoms in total. The number of rotatable bonds is 9. The van der Waals surface area contributed by atoms with Gasteiger partial charge in [0.25, 0.3) is 0 Å². The van der Waals surface area contributed by atoms with Gasteiger partial charge in [0.1, 0.15) is 0 Å². The molecule has 0 fully saturated rings. The maximum Gasteiger partial charge on any atom is 0.166 e. The third-order valence-corrected chi connectivity index (χ3v) is 12.6. The lowest BCUT2D eigenvalue weighted by Gasteiger charge is -2.29. The summed E-state index contributed by atoms with van der Waals surface area (Å²) in [6, 6.07) is 90.1. The normalized spacial score (nSPS) is 11.3. The smallest absolute Gasteiger partial charge is 0.166 e. The van der Waals surface area contributed by atoms with Gasteiger partial charge < -0.3 is 4.57 Å². The molecule has 0 unspecified atom stereocenters. The van der Waals surface area contributed by atoms with Crippen molar-refractivity contribution in [2.75, 3.05) is 0 Å². The summed E-state index contributed by atoms with van der Waals surface area (Å²) in [5.74, 6) is 1.75. The lowest BCUT2D eigenvalue weighted by atomic mass is 9.78. The lowest BCUT2D eigenvalue weighted by molar-refractivity contribution is 1.07. The zero-order valence-corrected chi connectivity index (χ0v) is 36.5. The molecule has 0 spiro atoms. The van der Waals surface area contributed by atoms with Crippen LogP contribution < -0.4 is 0 Å². The molecule has 2 aromatic heterocycles. The van der Waals surface area contributed by atoms with Gasteiger partial charge in [-0.15, -0.1) is 0 Å². The van der Waals surface area contributed by atoms with Crippen LogP contribution in [0.25, 0.3) is 117 Å². The van der Waals surface area contributed by atoms with E-state index in [2.05, 4.69) is 235 Å². The largest absolute Gasteiger partial charge is 0.308 e. The van der Waals surface area contributed by atoms with E-state index in [1.165, 1.54) is 0 Å². The second-order valence-electron chi connectivity index (χ2n) is 16.7. The predicted octanol–water partition coefficient (Wildman–Crippen LogP) is 16.3. The van der Waals surface area contributed by atoms with Gasteiger partial charge in [-0.1, -0.05) is 237 Å². The molecule has 0 bridgehead atoms. The Hall–Kier alpha value is -8.99. The van der Waals surface area contributed by atoms with E-state index in [0.29, 0.717) is 17.5 Å². The van der Waals surface area contributed by atoms with Crippen molar-refractivity contribution in [3.05, 3.63) is 255 Å². The quantitative estimate of drug-likeness (QED) is 0.145. The number of nitrogens with zero attached hydrogens (tertiary/aromatic N) is 4. The molecule has 0 atom stereocenters. The molecule has 10 aromatic carbocycles. The van der Waals surface area contributed by atoms with Crippen LogP contribution in [0.15, 0.2) is 255 Å². The van der Waals surface area contributed by atoms with Gasteiger partial charge in [-0.3, -0.25) is 0 Å². The van der Waals surface area contributed by atoms with Crippen LogP contribution in [-0.2, 0) is 0 Å². The average Bonchev–Trinajstić information content (AvgIpc) is 3.75. The Balaban J connectivity index is 1.34. The van der Waals surface area contributed by atoms with Gasteiger partial charge in [-0.25, -0.2) is 15.0 Å². The zero-order valence-electron chi connectivity index (χ0n) is 36.5. The van der Waals surface area contributed by atoms with Crippen LogP contribution >= 0.6 is 0 Å². The molecular weight excluding hydrogens is 813 g/mol. The summed E-state index contributed by atoms with van der Waals surface area (Å²) >= 11 is 0. The molecule has 2 heterocycles. The zero-order chi connectivity index (χ0) is 44.5. The third-order valence-electron chi connectivity index (χ3n) is 12.6. The van der Waals surface area contributed by atoms with Crippen LogP contribution in [0.1, 0.15) is 0 Å². The van der Waals surface area contributed by atoms with Crippen molar-refractivity contribution < 1.29 is 0 Å². The van der Waals surface area contributed by atoms with E-state index in [0.717, 1.165) is 99.8 Å². The van der Waals surface area contributed by atoms with Crippen molar-refractivity contribution in [2.24, 2.45) is 0 Å². The molecule has 67 heavy (non-hydrogen) atoms. The average molecular weight is 855 g/mol. The molecule has 0 saturated heterocycles. The number of hydrogen-bond acceptors (Lipinski definition) is 3. The van der Waals surface area contributed by atoms with Gasteiger partial charge in [0, 0.05) is 38.6 Å². The summed E-state index contributed by atoms with van der Waals surface area (Å²) in [4.78, 5) is 16.6. The second kappa shape index (κ2) is 17.2. The topological polar surface area (TPSA) is 43.6 Å². The van der Waals surface area contributed by atoms with Crippen LogP contribution in [0, 0.1) is 0 Å². The first kappa shape index (κ1) is 39.6. The van der Waals surface area contributed by atoms with Crippen molar-refractivity contribution in [2.45, 2.75) is 0 Å². The highest BCUT2D eigenvalue weighted by Gasteiger charge is 2.32. The molecule has 0 aliphatic carbocycles. The van der Waals surface area contributed by atoms with Crippen molar-refractivity contribution in [1.29, 1.82) is 0 Å². The van der Waals surface area contributed by atoms with E-state index in [9.17, 15) is 0 Å². The van der Waals surface area contributed by atoms with Gasteiger partial charge in [0.05, 0.1) is 22.3 Å². The van der Waals surface area contributed by atoms with Crippen molar-refractivity contribution in [3.63, 3.8) is 0 Å².